The summed E-state index contributed by atoms with van der Waals surface area (Å²) in [6, 6.07) is 18.1. The SMILES string of the molecule is COC(=O)c1cccc(Nc2ccc(C(=O)Nc3ccc(C(C)C)cc3)cn2)c1. The van der Waals surface area contributed by atoms with E-state index in [0.717, 1.165) is 5.69 Å². The zero-order valence-corrected chi connectivity index (χ0v) is 16.6. The molecule has 6 heteroatoms. The van der Waals surface area contributed by atoms with Gasteiger partial charge in [-0.15, -0.1) is 0 Å². The first-order chi connectivity index (χ1) is 14.0. The Morgan fingerprint density at radius 2 is 1.69 bits per heavy atom. The molecule has 3 rings (SSSR count). The summed E-state index contributed by atoms with van der Waals surface area (Å²) in [6.07, 6.45) is 1.50. The Morgan fingerprint density at radius 3 is 2.31 bits per heavy atom. The predicted molar refractivity (Wildman–Crippen MR) is 114 cm³/mol. The summed E-state index contributed by atoms with van der Waals surface area (Å²) in [5.41, 5.74) is 3.55. The fourth-order valence-electron chi connectivity index (χ4n) is 2.75. The van der Waals surface area contributed by atoms with Crippen LogP contribution in [0.25, 0.3) is 0 Å². The standard InChI is InChI=1S/C23H23N3O3/c1-15(2)16-7-10-19(11-8-16)26-22(27)18-9-12-21(24-14-18)25-20-6-4-5-17(13-20)23(28)29-3/h4-15H,1-3H3,(H,24,25)(H,26,27). The van der Waals surface area contributed by atoms with Crippen LogP contribution in [0.4, 0.5) is 17.2 Å². The Labute approximate surface area is 169 Å². The molecular formula is C23H23N3O3. The topological polar surface area (TPSA) is 80.3 Å². The molecule has 0 saturated carbocycles. The van der Waals surface area contributed by atoms with Gasteiger partial charge in [-0.3, -0.25) is 4.79 Å². The van der Waals surface area contributed by atoms with E-state index in [1.54, 1.807) is 30.3 Å². The number of carbonyl (C=O) groups is 2. The van der Waals surface area contributed by atoms with Gasteiger partial charge in [-0.1, -0.05) is 32.0 Å². The van der Waals surface area contributed by atoms with Crippen LogP contribution in [0.1, 0.15) is 46.0 Å². The first kappa shape index (κ1) is 20.1. The fraction of sp³-hybridized carbons (Fsp3) is 0.174. The second-order valence-electron chi connectivity index (χ2n) is 6.86. The van der Waals surface area contributed by atoms with E-state index >= 15 is 0 Å². The van der Waals surface area contributed by atoms with Gasteiger partial charge in [-0.25, -0.2) is 9.78 Å². The molecule has 148 valence electrons. The Bertz CT molecular complexity index is 997. The number of anilines is 3. The predicted octanol–water partition coefficient (Wildman–Crippen LogP) is 4.99. The number of hydrogen-bond acceptors (Lipinski definition) is 5. The second kappa shape index (κ2) is 9.01. The van der Waals surface area contributed by atoms with Crippen LogP contribution < -0.4 is 10.6 Å². The molecule has 0 aliphatic rings. The molecule has 0 bridgehead atoms. The van der Waals surface area contributed by atoms with Crippen molar-refractivity contribution in [3.05, 3.63) is 83.6 Å². The minimum atomic E-state index is -0.407. The molecule has 0 spiro atoms. The normalized spacial score (nSPS) is 10.5. The summed E-state index contributed by atoms with van der Waals surface area (Å²) in [7, 11) is 1.34. The summed E-state index contributed by atoms with van der Waals surface area (Å²) in [5, 5.41) is 5.97. The van der Waals surface area contributed by atoms with E-state index in [4.69, 9.17) is 4.74 Å². The maximum Gasteiger partial charge on any atom is 0.337 e. The Hall–Kier alpha value is -3.67. The summed E-state index contributed by atoms with van der Waals surface area (Å²) >= 11 is 0. The third-order valence-electron chi connectivity index (χ3n) is 4.42. The van der Waals surface area contributed by atoms with Crippen molar-refractivity contribution in [2.75, 3.05) is 17.7 Å². The van der Waals surface area contributed by atoms with Crippen LogP contribution >= 0.6 is 0 Å². The second-order valence-corrected chi connectivity index (χ2v) is 6.86. The highest BCUT2D eigenvalue weighted by molar-refractivity contribution is 6.04. The van der Waals surface area contributed by atoms with E-state index in [9.17, 15) is 9.59 Å². The average molecular weight is 389 g/mol. The van der Waals surface area contributed by atoms with E-state index in [1.807, 2.05) is 30.3 Å². The van der Waals surface area contributed by atoms with Crippen LogP contribution in [0.2, 0.25) is 0 Å². The molecule has 0 radical (unpaired) electrons. The number of rotatable bonds is 6. The summed E-state index contributed by atoms with van der Waals surface area (Å²) < 4.78 is 4.72. The van der Waals surface area contributed by atoms with Crippen LogP contribution in [0, 0.1) is 0 Å². The van der Waals surface area contributed by atoms with Crippen molar-refractivity contribution < 1.29 is 14.3 Å². The fourth-order valence-corrected chi connectivity index (χ4v) is 2.75. The Kier molecular flexibility index (Phi) is 6.24. The largest absolute Gasteiger partial charge is 0.465 e. The third-order valence-corrected chi connectivity index (χ3v) is 4.42. The van der Waals surface area contributed by atoms with Gasteiger partial charge in [0.2, 0.25) is 0 Å². The van der Waals surface area contributed by atoms with Gasteiger partial charge in [0.15, 0.2) is 0 Å². The van der Waals surface area contributed by atoms with Crippen molar-refractivity contribution in [3.63, 3.8) is 0 Å². The lowest BCUT2D eigenvalue weighted by atomic mass is 10.0. The molecule has 1 aromatic heterocycles. The third kappa shape index (κ3) is 5.19. The molecular weight excluding hydrogens is 366 g/mol. The van der Waals surface area contributed by atoms with Gasteiger partial charge in [0.1, 0.15) is 5.82 Å². The number of benzene rings is 2. The van der Waals surface area contributed by atoms with E-state index in [2.05, 4.69) is 29.5 Å². The first-order valence-corrected chi connectivity index (χ1v) is 9.29. The van der Waals surface area contributed by atoms with Gasteiger partial charge in [0.05, 0.1) is 18.2 Å². The highest BCUT2D eigenvalue weighted by Gasteiger charge is 2.09. The van der Waals surface area contributed by atoms with Crippen LogP contribution in [0.15, 0.2) is 66.9 Å². The van der Waals surface area contributed by atoms with E-state index in [-0.39, 0.29) is 5.91 Å². The van der Waals surface area contributed by atoms with Crippen molar-refractivity contribution in [2.45, 2.75) is 19.8 Å². The highest BCUT2D eigenvalue weighted by atomic mass is 16.5. The molecule has 2 N–H and O–H groups in total. The van der Waals surface area contributed by atoms with E-state index < -0.39 is 5.97 Å². The average Bonchev–Trinajstić information content (AvgIpc) is 2.74. The molecule has 0 aliphatic heterocycles. The van der Waals surface area contributed by atoms with Crippen molar-refractivity contribution in [1.82, 2.24) is 4.98 Å². The number of nitrogens with zero attached hydrogens (tertiary/aromatic N) is 1. The van der Waals surface area contributed by atoms with E-state index in [1.165, 1.54) is 18.9 Å². The molecule has 0 saturated heterocycles. The smallest absolute Gasteiger partial charge is 0.337 e. The number of hydrogen-bond donors (Lipinski definition) is 2. The molecule has 0 unspecified atom stereocenters. The van der Waals surface area contributed by atoms with Gasteiger partial charge in [0, 0.05) is 17.6 Å². The molecule has 1 amide bonds. The molecule has 2 aromatic carbocycles. The quantitative estimate of drug-likeness (QED) is 0.581. The monoisotopic (exact) mass is 389 g/mol. The Balaban J connectivity index is 1.65. The molecule has 0 fully saturated rings. The number of nitrogens with one attached hydrogen (secondary N) is 2. The molecule has 29 heavy (non-hydrogen) atoms. The highest BCUT2D eigenvalue weighted by Crippen LogP contribution is 2.19. The molecule has 0 aliphatic carbocycles. The molecule has 1 heterocycles. The van der Waals surface area contributed by atoms with Gasteiger partial charge < -0.3 is 15.4 Å². The molecule has 6 nitrogen and oxygen atoms in total. The zero-order valence-electron chi connectivity index (χ0n) is 16.6. The van der Waals surface area contributed by atoms with E-state index in [0.29, 0.717) is 28.6 Å². The Morgan fingerprint density at radius 1 is 0.931 bits per heavy atom. The summed E-state index contributed by atoms with van der Waals surface area (Å²) in [5.74, 6) is 0.367. The maximum absolute atomic E-state index is 12.4. The van der Waals surface area contributed by atoms with Crippen LogP contribution in [-0.4, -0.2) is 24.0 Å². The van der Waals surface area contributed by atoms with Crippen molar-refractivity contribution in [3.8, 4) is 0 Å². The van der Waals surface area contributed by atoms with Gasteiger partial charge in [-0.05, 0) is 53.9 Å². The lowest BCUT2D eigenvalue weighted by Gasteiger charge is -2.10. The number of methoxy groups -OCH3 is 1. The van der Waals surface area contributed by atoms with Gasteiger partial charge >= 0.3 is 5.97 Å². The minimum Gasteiger partial charge on any atom is -0.465 e. The van der Waals surface area contributed by atoms with Crippen molar-refractivity contribution in [1.29, 1.82) is 0 Å². The molecule has 3 aromatic rings. The van der Waals surface area contributed by atoms with Crippen molar-refractivity contribution >= 4 is 29.1 Å². The van der Waals surface area contributed by atoms with Crippen LogP contribution in [0.5, 0.6) is 0 Å². The number of aromatic nitrogens is 1. The number of carbonyl (C=O) groups excluding carboxylic acids is 2. The first-order valence-electron chi connectivity index (χ1n) is 9.29. The minimum absolute atomic E-state index is 0.228. The van der Waals surface area contributed by atoms with Crippen LogP contribution in [-0.2, 0) is 4.74 Å². The summed E-state index contributed by atoms with van der Waals surface area (Å²) in [4.78, 5) is 28.3. The number of amides is 1. The maximum atomic E-state index is 12.4. The lowest BCUT2D eigenvalue weighted by Crippen LogP contribution is -2.12. The number of esters is 1. The lowest BCUT2D eigenvalue weighted by molar-refractivity contribution is 0.0600. The molecule has 0 atom stereocenters. The van der Waals surface area contributed by atoms with Crippen LogP contribution in [0.3, 0.4) is 0 Å². The van der Waals surface area contributed by atoms with Gasteiger partial charge in [-0.2, -0.15) is 0 Å². The number of pyridine rings is 1. The van der Waals surface area contributed by atoms with Crippen molar-refractivity contribution in [2.24, 2.45) is 0 Å². The van der Waals surface area contributed by atoms with Gasteiger partial charge in [0.25, 0.3) is 5.91 Å². The number of ether oxygens (including phenoxy) is 1. The zero-order chi connectivity index (χ0) is 20.8. The summed E-state index contributed by atoms with van der Waals surface area (Å²) in [6.45, 7) is 4.25.